The molecule has 1 heterocycles. The molecule has 0 saturated heterocycles. The lowest BCUT2D eigenvalue weighted by atomic mass is 10.2. The number of para-hydroxylation sites is 2. The number of amides is 1. The number of hydrogen-bond donors (Lipinski definition) is 2. The summed E-state index contributed by atoms with van der Waals surface area (Å²) in [4.78, 5) is 12.3. The summed E-state index contributed by atoms with van der Waals surface area (Å²) >= 11 is 2.80. The standard InChI is InChI=1S/C20H22N4O2S2/c1-3-26-17-12-8-7-11-16(17)22-19-23-24-20(28-19)27-14(2)18(25)21-13-15-9-5-4-6-10-15/h4-12,14H,3,13H2,1-2H3,(H,21,25)(H,22,23). The Balaban J connectivity index is 1.54. The van der Waals surface area contributed by atoms with Crippen LogP contribution in [0.15, 0.2) is 58.9 Å². The van der Waals surface area contributed by atoms with Crippen LogP contribution in [-0.4, -0.2) is 28.0 Å². The molecule has 0 fully saturated rings. The van der Waals surface area contributed by atoms with E-state index in [-0.39, 0.29) is 11.2 Å². The highest BCUT2D eigenvalue weighted by molar-refractivity contribution is 8.02. The van der Waals surface area contributed by atoms with Gasteiger partial charge in [-0.25, -0.2) is 0 Å². The van der Waals surface area contributed by atoms with Crippen molar-refractivity contribution in [1.82, 2.24) is 15.5 Å². The Bertz CT molecular complexity index is 902. The van der Waals surface area contributed by atoms with Gasteiger partial charge in [-0.1, -0.05) is 65.6 Å². The van der Waals surface area contributed by atoms with E-state index in [1.54, 1.807) is 0 Å². The number of nitrogens with zero attached hydrogens (tertiary/aromatic N) is 2. The molecule has 146 valence electrons. The fourth-order valence-corrected chi connectivity index (χ4v) is 4.34. The van der Waals surface area contributed by atoms with Crippen LogP contribution < -0.4 is 15.4 Å². The van der Waals surface area contributed by atoms with E-state index in [1.807, 2.05) is 68.4 Å². The SMILES string of the molecule is CCOc1ccccc1Nc1nnc(SC(C)C(=O)NCc2ccccc2)s1. The van der Waals surface area contributed by atoms with Gasteiger partial charge in [0.25, 0.3) is 0 Å². The number of ether oxygens (including phenoxy) is 1. The molecule has 1 aromatic heterocycles. The molecule has 3 aromatic rings. The van der Waals surface area contributed by atoms with E-state index < -0.39 is 0 Å². The fraction of sp³-hybridized carbons (Fsp3) is 0.250. The Morgan fingerprint density at radius 3 is 2.68 bits per heavy atom. The van der Waals surface area contributed by atoms with Crippen LogP contribution in [0.2, 0.25) is 0 Å². The second kappa shape index (κ2) is 10.1. The Labute approximate surface area is 172 Å². The molecule has 0 radical (unpaired) electrons. The minimum Gasteiger partial charge on any atom is -0.492 e. The largest absolute Gasteiger partial charge is 0.492 e. The van der Waals surface area contributed by atoms with E-state index in [9.17, 15) is 4.79 Å². The smallest absolute Gasteiger partial charge is 0.233 e. The topological polar surface area (TPSA) is 76.1 Å². The third kappa shape index (κ3) is 5.71. The van der Waals surface area contributed by atoms with Crippen LogP contribution in [0.4, 0.5) is 10.8 Å². The molecule has 1 atom stereocenters. The van der Waals surface area contributed by atoms with Gasteiger partial charge in [0.05, 0.1) is 17.5 Å². The van der Waals surface area contributed by atoms with Crippen LogP contribution >= 0.6 is 23.1 Å². The highest BCUT2D eigenvalue weighted by atomic mass is 32.2. The molecule has 0 saturated carbocycles. The van der Waals surface area contributed by atoms with Gasteiger partial charge in [-0.2, -0.15) is 0 Å². The van der Waals surface area contributed by atoms with Gasteiger partial charge in [0.15, 0.2) is 4.34 Å². The predicted octanol–water partition coefficient (Wildman–Crippen LogP) is 4.48. The first-order valence-electron chi connectivity index (χ1n) is 8.96. The summed E-state index contributed by atoms with van der Waals surface area (Å²) < 4.78 is 6.35. The van der Waals surface area contributed by atoms with Crippen LogP contribution in [0.5, 0.6) is 5.75 Å². The summed E-state index contributed by atoms with van der Waals surface area (Å²) in [6.45, 7) is 4.91. The average Bonchev–Trinajstić information content (AvgIpc) is 3.15. The van der Waals surface area contributed by atoms with Crippen molar-refractivity contribution in [2.45, 2.75) is 30.0 Å². The van der Waals surface area contributed by atoms with Crippen LogP contribution in [0.25, 0.3) is 0 Å². The molecule has 1 amide bonds. The van der Waals surface area contributed by atoms with Crippen molar-refractivity contribution < 1.29 is 9.53 Å². The van der Waals surface area contributed by atoms with Crippen molar-refractivity contribution in [3.63, 3.8) is 0 Å². The Morgan fingerprint density at radius 1 is 1.14 bits per heavy atom. The summed E-state index contributed by atoms with van der Waals surface area (Å²) in [5.41, 5.74) is 1.91. The summed E-state index contributed by atoms with van der Waals surface area (Å²) in [6, 6.07) is 17.5. The summed E-state index contributed by atoms with van der Waals surface area (Å²) in [5, 5.41) is 14.9. The van der Waals surface area contributed by atoms with E-state index >= 15 is 0 Å². The number of carbonyl (C=O) groups excluding carboxylic acids is 1. The lowest BCUT2D eigenvalue weighted by molar-refractivity contribution is -0.120. The third-order valence-corrected chi connectivity index (χ3v) is 5.81. The normalized spacial score (nSPS) is 11.6. The lowest BCUT2D eigenvalue weighted by Crippen LogP contribution is -2.30. The summed E-state index contributed by atoms with van der Waals surface area (Å²) in [7, 11) is 0. The van der Waals surface area contributed by atoms with E-state index in [1.165, 1.54) is 23.1 Å². The van der Waals surface area contributed by atoms with Crippen molar-refractivity contribution in [3.8, 4) is 5.75 Å². The number of thioether (sulfide) groups is 1. The molecule has 0 aliphatic rings. The molecule has 0 bridgehead atoms. The summed E-state index contributed by atoms with van der Waals surface area (Å²) in [5.74, 6) is 0.739. The fourth-order valence-electron chi connectivity index (χ4n) is 2.41. The van der Waals surface area contributed by atoms with Crippen LogP contribution in [0, 0.1) is 0 Å². The van der Waals surface area contributed by atoms with Gasteiger partial charge in [-0.05, 0) is 31.5 Å². The van der Waals surface area contributed by atoms with Gasteiger partial charge >= 0.3 is 0 Å². The predicted molar refractivity (Wildman–Crippen MR) is 114 cm³/mol. The zero-order chi connectivity index (χ0) is 19.8. The highest BCUT2D eigenvalue weighted by Gasteiger charge is 2.17. The molecule has 0 spiro atoms. The molecule has 3 rings (SSSR count). The zero-order valence-corrected chi connectivity index (χ0v) is 17.3. The Kier molecular flexibility index (Phi) is 7.27. The number of carbonyl (C=O) groups is 1. The highest BCUT2D eigenvalue weighted by Crippen LogP contribution is 2.33. The number of nitrogens with one attached hydrogen (secondary N) is 2. The van der Waals surface area contributed by atoms with Gasteiger partial charge < -0.3 is 15.4 Å². The van der Waals surface area contributed by atoms with Crippen molar-refractivity contribution in [1.29, 1.82) is 0 Å². The Morgan fingerprint density at radius 2 is 1.89 bits per heavy atom. The maximum Gasteiger partial charge on any atom is 0.233 e. The van der Waals surface area contributed by atoms with Gasteiger partial charge in [-0.3, -0.25) is 4.79 Å². The van der Waals surface area contributed by atoms with Crippen LogP contribution in [-0.2, 0) is 11.3 Å². The van der Waals surface area contributed by atoms with Crippen LogP contribution in [0.3, 0.4) is 0 Å². The van der Waals surface area contributed by atoms with Gasteiger partial charge in [0, 0.05) is 6.54 Å². The minimum absolute atomic E-state index is 0.0275. The van der Waals surface area contributed by atoms with Gasteiger partial charge in [-0.15, -0.1) is 10.2 Å². The first-order chi connectivity index (χ1) is 13.7. The van der Waals surface area contributed by atoms with Crippen molar-refractivity contribution in [3.05, 3.63) is 60.2 Å². The van der Waals surface area contributed by atoms with E-state index in [2.05, 4.69) is 20.8 Å². The molecular weight excluding hydrogens is 392 g/mol. The monoisotopic (exact) mass is 414 g/mol. The zero-order valence-electron chi connectivity index (χ0n) is 15.7. The second-order valence-corrected chi connectivity index (χ2v) is 8.46. The molecule has 0 aliphatic carbocycles. The summed E-state index contributed by atoms with van der Waals surface area (Å²) in [6.07, 6.45) is 0. The third-order valence-electron chi connectivity index (χ3n) is 3.79. The number of anilines is 2. The maximum absolute atomic E-state index is 12.3. The quantitative estimate of drug-likeness (QED) is 0.503. The molecule has 2 N–H and O–H groups in total. The lowest BCUT2D eigenvalue weighted by Gasteiger charge is -2.10. The number of hydrogen-bond acceptors (Lipinski definition) is 7. The van der Waals surface area contributed by atoms with E-state index in [4.69, 9.17) is 4.74 Å². The van der Waals surface area contributed by atoms with Crippen molar-refractivity contribution in [2.24, 2.45) is 0 Å². The molecule has 2 aromatic carbocycles. The number of aromatic nitrogens is 2. The van der Waals surface area contributed by atoms with Gasteiger partial charge in [0.1, 0.15) is 5.75 Å². The maximum atomic E-state index is 12.3. The van der Waals surface area contributed by atoms with E-state index in [0.717, 1.165) is 21.3 Å². The molecule has 6 nitrogen and oxygen atoms in total. The second-order valence-electron chi connectivity index (χ2n) is 5.89. The number of benzene rings is 2. The van der Waals surface area contributed by atoms with Crippen molar-refractivity contribution >= 4 is 39.8 Å². The average molecular weight is 415 g/mol. The molecule has 1 unspecified atom stereocenters. The molecule has 28 heavy (non-hydrogen) atoms. The van der Waals surface area contributed by atoms with E-state index in [0.29, 0.717) is 18.3 Å². The molecule has 8 heteroatoms. The molecule has 0 aliphatic heterocycles. The van der Waals surface area contributed by atoms with Crippen LogP contribution in [0.1, 0.15) is 19.4 Å². The Hall–Kier alpha value is -2.58. The van der Waals surface area contributed by atoms with Gasteiger partial charge in [0.2, 0.25) is 11.0 Å². The first-order valence-corrected chi connectivity index (χ1v) is 10.7. The van der Waals surface area contributed by atoms with Crippen molar-refractivity contribution in [2.75, 3.05) is 11.9 Å². The first kappa shape index (κ1) is 20.2. The number of rotatable bonds is 9. The minimum atomic E-state index is -0.264. The molecular formula is C20H22N4O2S2.